The molecule has 0 radical (unpaired) electrons. The van der Waals surface area contributed by atoms with Gasteiger partial charge in [0.15, 0.2) is 0 Å². The number of nitrogens with zero attached hydrogens (tertiary/aromatic N) is 3. The zero-order valence-electron chi connectivity index (χ0n) is 18.2. The molecule has 3 aromatic rings. The van der Waals surface area contributed by atoms with Gasteiger partial charge in [0.1, 0.15) is 4.90 Å². The van der Waals surface area contributed by atoms with Crippen LogP contribution in [0.3, 0.4) is 0 Å². The number of rotatable bonds is 6. The number of amides is 1. The van der Waals surface area contributed by atoms with E-state index < -0.39 is 10.0 Å². The summed E-state index contributed by atoms with van der Waals surface area (Å²) in [5.74, 6) is 0.849. The van der Waals surface area contributed by atoms with E-state index in [2.05, 4.69) is 14.6 Å². The summed E-state index contributed by atoms with van der Waals surface area (Å²) in [7, 11) is -3.82. The minimum Gasteiger partial charge on any atom is -0.336 e. The van der Waals surface area contributed by atoms with Crippen LogP contribution in [-0.4, -0.2) is 61.8 Å². The Morgan fingerprint density at radius 3 is 2.36 bits per heavy atom. The minimum absolute atomic E-state index is 0. The molecule has 174 valence electrons. The normalized spacial score (nSPS) is 16.9. The molecule has 1 amide bonds. The largest absolute Gasteiger partial charge is 0.336 e. The average molecular weight is 487 g/mol. The van der Waals surface area contributed by atoms with Crippen LogP contribution >= 0.6 is 12.4 Å². The lowest BCUT2D eigenvalue weighted by Crippen LogP contribution is -2.49. The van der Waals surface area contributed by atoms with Crippen molar-refractivity contribution in [3.05, 3.63) is 66.4 Å². The summed E-state index contributed by atoms with van der Waals surface area (Å²) in [6, 6.07) is 15.3. The van der Waals surface area contributed by atoms with Crippen molar-refractivity contribution < 1.29 is 13.2 Å². The van der Waals surface area contributed by atoms with Gasteiger partial charge >= 0.3 is 0 Å². The highest BCUT2D eigenvalue weighted by Gasteiger charge is 2.28. The number of nitrogens with one attached hydrogen (secondary N) is 1. The maximum Gasteiger partial charge on any atom is 0.264 e. The van der Waals surface area contributed by atoms with Crippen LogP contribution in [0.4, 0.5) is 5.69 Å². The zero-order chi connectivity index (χ0) is 22.1. The number of fused-ring (bicyclic) bond motifs is 1. The van der Waals surface area contributed by atoms with E-state index in [4.69, 9.17) is 0 Å². The number of carbonyl (C=O) groups is 1. The Morgan fingerprint density at radius 1 is 0.970 bits per heavy atom. The molecule has 1 aromatic heterocycles. The number of hydrogen-bond acceptors (Lipinski definition) is 5. The first-order valence-corrected chi connectivity index (χ1v) is 12.5. The summed E-state index contributed by atoms with van der Waals surface area (Å²) in [4.78, 5) is 21.5. The van der Waals surface area contributed by atoms with Gasteiger partial charge < -0.3 is 4.90 Å². The van der Waals surface area contributed by atoms with E-state index in [1.807, 2.05) is 17.0 Å². The summed E-state index contributed by atoms with van der Waals surface area (Å²) >= 11 is 0. The van der Waals surface area contributed by atoms with Crippen molar-refractivity contribution in [2.75, 3.05) is 37.4 Å². The fourth-order valence-electron chi connectivity index (χ4n) is 4.17. The standard InChI is InChI=1S/C24H26N4O3S.ClH/c29-24(28-15-13-27(14-16-28)17-18-6-7-18)20-8-10-21(11-9-20)26-32(30,31)22-5-1-3-19-4-2-12-25-23(19)22;/h1-5,8-12,18,26H,6-7,13-17H2;1H. The van der Waals surface area contributed by atoms with E-state index >= 15 is 0 Å². The Balaban J connectivity index is 0.00000259. The van der Waals surface area contributed by atoms with Crippen LogP contribution in [0.25, 0.3) is 10.9 Å². The topological polar surface area (TPSA) is 82.6 Å². The Labute approximate surface area is 200 Å². The number of pyridine rings is 1. The summed E-state index contributed by atoms with van der Waals surface area (Å²) in [6.07, 6.45) is 4.26. The lowest BCUT2D eigenvalue weighted by molar-refractivity contribution is 0.0632. The Bertz CT molecular complexity index is 1230. The highest BCUT2D eigenvalue weighted by molar-refractivity contribution is 7.93. The molecule has 1 aliphatic heterocycles. The van der Waals surface area contributed by atoms with Crippen LogP contribution < -0.4 is 4.72 Å². The molecule has 1 N–H and O–H groups in total. The number of piperazine rings is 1. The van der Waals surface area contributed by atoms with Crippen molar-refractivity contribution in [2.24, 2.45) is 5.92 Å². The number of para-hydroxylation sites is 1. The fourth-order valence-corrected chi connectivity index (χ4v) is 5.40. The number of anilines is 1. The maximum absolute atomic E-state index is 13.0. The second-order valence-electron chi connectivity index (χ2n) is 8.55. The number of benzene rings is 2. The number of carbonyl (C=O) groups excluding carboxylic acids is 1. The summed E-state index contributed by atoms with van der Waals surface area (Å²) in [6.45, 7) is 4.45. The third-order valence-corrected chi connectivity index (χ3v) is 7.55. The highest BCUT2D eigenvalue weighted by Crippen LogP contribution is 2.30. The molecule has 9 heteroatoms. The number of halogens is 1. The van der Waals surface area contributed by atoms with Crippen molar-refractivity contribution in [3.63, 3.8) is 0 Å². The molecule has 2 aliphatic rings. The first kappa shape index (κ1) is 23.5. The second-order valence-corrected chi connectivity index (χ2v) is 10.2. The molecule has 1 saturated carbocycles. The Kier molecular flexibility index (Phi) is 6.88. The van der Waals surface area contributed by atoms with Gasteiger partial charge in [0, 0.05) is 55.6 Å². The number of aromatic nitrogens is 1. The first-order chi connectivity index (χ1) is 15.5. The summed E-state index contributed by atoms with van der Waals surface area (Å²) in [5, 5.41) is 0.758. The quantitative estimate of drug-likeness (QED) is 0.575. The lowest BCUT2D eigenvalue weighted by Gasteiger charge is -2.34. The molecule has 7 nitrogen and oxygen atoms in total. The van der Waals surface area contributed by atoms with E-state index in [1.165, 1.54) is 12.8 Å². The van der Waals surface area contributed by atoms with Gasteiger partial charge in [-0.25, -0.2) is 8.42 Å². The van der Waals surface area contributed by atoms with Crippen molar-refractivity contribution >= 4 is 44.9 Å². The van der Waals surface area contributed by atoms with Gasteiger partial charge in [0.25, 0.3) is 15.9 Å². The molecule has 0 unspecified atom stereocenters. The molecule has 2 fully saturated rings. The van der Waals surface area contributed by atoms with Crippen LogP contribution in [0.5, 0.6) is 0 Å². The van der Waals surface area contributed by atoms with Crippen LogP contribution in [0.15, 0.2) is 65.7 Å². The lowest BCUT2D eigenvalue weighted by atomic mass is 10.1. The third kappa shape index (κ3) is 5.29. The second kappa shape index (κ2) is 9.67. The highest BCUT2D eigenvalue weighted by atomic mass is 35.5. The van der Waals surface area contributed by atoms with E-state index in [9.17, 15) is 13.2 Å². The Hall–Kier alpha value is -2.68. The first-order valence-electron chi connectivity index (χ1n) is 11.0. The van der Waals surface area contributed by atoms with Gasteiger partial charge in [-0.05, 0) is 55.2 Å². The predicted octanol–water partition coefficient (Wildman–Crippen LogP) is 3.63. The van der Waals surface area contributed by atoms with Gasteiger partial charge in [0.2, 0.25) is 0 Å². The van der Waals surface area contributed by atoms with Gasteiger partial charge in [-0.2, -0.15) is 0 Å². The molecule has 1 aliphatic carbocycles. The fraction of sp³-hybridized carbons (Fsp3) is 0.333. The van der Waals surface area contributed by atoms with Crippen molar-refractivity contribution in [1.29, 1.82) is 0 Å². The Morgan fingerprint density at radius 2 is 1.67 bits per heavy atom. The third-order valence-electron chi connectivity index (χ3n) is 6.14. The molecule has 2 heterocycles. The molecular formula is C24H27ClN4O3S. The van der Waals surface area contributed by atoms with Crippen LogP contribution in [0.2, 0.25) is 0 Å². The van der Waals surface area contributed by atoms with Gasteiger partial charge in [-0.3, -0.25) is 19.4 Å². The monoisotopic (exact) mass is 486 g/mol. The summed E-state index contributed by atoms with van der Waals surface area (Å²) < 4.78 is 28.5. The minimum atomic E-state index is -3.82. The molecule has 0 bridgehead atoms. The molecule has 2 aromatic carbocycles. The van der Waals surface area contributed by atoms with E-state index in [1.54, 1.807) is 48.7 Å². The molecule has 0 spiro atoms. The molecular weight excluding hydrogens is 460 g/mol. The predicted molar refractivity (Wildman–Crippen MR) is 131 cm³/mol. The van der Waals surface area contributed by atoms with E-state index in [0.29, 0.717) is 16.8 Å². The molecule has 0 atom stereocenters. The number of sulfonamides is 1. The average Bonchev–Trinajstić information content (AvgIpc) is 3.63. The smallest absolute Gasteiger partial charge is 0.264 e. The summed E-state index contributed by atoms with van der Waals surface area (Å²) in [5.41, 5.74) is 1.40. The van der Waals surface area contributed by atoms with Gasteiger partial charge in [-0.15, -0.1) is 12.4 Å². The number of hydrogen-bond donors (Lipinski definition) is 1. The van der Waals surface area contributed by atoms with E-state index in [0.717, 1.165) is 44.0 Å². The maximum atomic E-state index is 13.0. The molecule has 1 saturated heterocycles. The van der Waals surface area contributed by atoms with Crippen molar-refractivity contribution in [2.45, 2.75) is 17.7 Å². The van der Waals surface area contributed by atoms with Crippen molar-refractivity contribution in [3.8, 4) is 0 Å². The zero-order valence-corrected chi connectivity index (χ0v) is 19.8. The van der Waals surface area contributed by atoms with Crippen molar-refractivity contribution in [1.82, 2.24) is 14.8 Å². The van der Waals surface area contributed by atoms with Crippen LogP contribution in [0.1, 0.15) is 23.2 Å². The van der Waals surface area contributed by atoms with Gasteiger partial charge in [-0.1, -0.05) is 18.2 Å². The van der Waals surface area contributed by atoms with Crippen LogP contribution in [-0.2, 0) is 10.0 Å². The SMILES string of the molecule is Cl.O=C(c1ccc(NS(=O)(=O)c2cccc3cccnc23)cc1)N1CCN(CC2CC2)CC1. The van der Waals surface area contributed by atoms with E-state index in [-0.39, 0.29) is 23.2 Å². The van der Waals surface area contributed by atoms with Gasteiger partial charge in [0.05, 0.1) is 5.52 Å². The molecule has 33 heavy (non-hydrogen) atoms. The van der Waals surface area contributed by atoms with Crippen LogP contribution in [0, 0.1) is 5.92 Å². The molecule has 5 rings (SSSR count).